The number of aldehydes is 1. The molecule has 4 heteroatoms. The molecule has 1 aliphatic rings. The third kappa shape index (κ3) is 0.903. The average molecular weight is 143 g/mol. The number of carbonyl (C=O) groups is 2. The monoisotopic (exact) mass is 143 g/mol. The number of carboxylic acid groups (broad SMARTS) is 1. The zero-order valence-electron chi connectivity index (χ0n) is 5.46. The van der Waals surface area contributed by atoms with Crippen LogP contribution in [0.3, 0.4) is 0 Å². The summed E-state index contributed by atoms with van der Waals surface area (Å²) in [5.74, 6) is -1.07. The summed E-state index contributed by atoms with van der Waals surface area (Å²) in [4.78, 5) is 20.8. The van der Waals surface area contributed by atoms with E-state index in [9.17, 15) is 9.59 Å². The summed E-state index contributed by atoms with van der Waals surface area (Å²) in [5, 5.41) is 11.2. The van der Waals surface area contributed by atoms with Gasteiger partial charge in [-0.1, -0.05) is 0 Å². The van der Waals surface area contributed by atoms with Crippen LogP contribution >= 0.6 is 0 Å². The second-order valence-electron chi connectivity index (χ2n) is 2.42. The largest absolute Gasteiger partial charge is 0.480 e. The van der Waals surface area contributed by atoms with Crippen molar-refractivity contribution in [2.45, 2.75) is 18.4 Å². The Labute approximate surface area is 58.2 Å². The van der Waals surface area contributed by atoms with Crippen molar-refractivity contribution in [3.05, 3.63) is 0 Å². The molecule has 1 heterocycles. The van der Waals surface area contributed by atoms with Gasteiger partial charge in [-0.05, 0) is 19.4 Å². The fraction of sp³-hybridized carbons (Fsp3) is 0.667. The molecule has 0 aromatic carbocycles. The quantitative estimate of drug-likeness (QED) is 0.400. The molecule has 0 bridgehead atoms. The summed E-state index contributed by atoms with van der Waals surface area (Å²) in [6.45, 7) is 0.616. The second-order valence-corrected chi connectivity index (χ2v) is 2.42. The van der Waals surface area contributed by atoms with Crippen LogP contribution in [0.15, 0.2) is 0 Å². The lowest BCUT2D eigenvalue weighted by molar-refractivity contribution is -0.146. The van der Waals surface area contributed by atoms with E-state index in [-0.39, 0.29) is 0 Å². The normalized spacial score (nSPS) is 32.0. The van der Waals surface area contributed by atoms with Gasteiger partial charge in [-0.2, -0.15) is 0 Å². The number of aliphatic carboxylic acids is 1. The maximum atomic E-state index is 10.5. The molecule has 1 atom stereocenters. The highest BCUT2D eigenvalue weighted by atomic mass is 16.4. The minimum atomic E-state index is -1.28. The Bertz CT molecular complexity index is 160. The molecule has 1 saturated heterocycles. The van der Waals surface area contributed by atoms with Crippen LogP contribution in [-0.2, 0) is 9.59 Å². The lowest BCUT2D eigenvalue weighted by Gasteiger charge is -2.15. The molecule has 0 amide bonds. The number of carboxylic acids is 1. The summed E-state index contributed by atoms with van der Waals surface area (Å²) in [6, 6.07) is 0. The van der Waals surface area contributed by atoms with Gasteiger partial charge in [-0.25, -0.2) is 4.79 Å². The summed E-state index contributed by atoms with van der Waals surface area (Å²) >= 11 is 0. The highest BCUT2D eigenvalue weighted by molar-refractivity contribution is 5.97. The fourth-order valence-corrected chi connectivity index (χ4v) is 1.10. The van der Waals surface area contributed by atoms with E-state index < -0.39 is 11.5 Å². The van der Waals surface area contributed by atoms with E-state index in [0.29, 0.717) is 19.3 Å². The molecule has 0 aromatic rings. The number of nitrogens with one attached hydrogen (secondary N) is 1. The molecule has 2 N–H and O–H groups in total. The van der Waals surface area contributed by atoms with E-state index in [2.05, 4.69) is 5.32 Å². The van der Waals surface area contributed by atoms with E-state index in [1.807, 2.05) is 0 Å². The Kier molecular flexibility index (Phi) is 1.72. The number of rotatable bonds is 2. The Morgan fingerprint density at radius 1 is 1.70 bits per heavy atom. The van der Waals surface area contributed by atoms with Gasteiger partial charge in [0.25, 0.3) is 0 Å². The molecular formula is C6H9NO3. The number of hydrogen-bond acceptors (Lipinski definition) is 3. The van der Waals surface area contributed by atoms with Gasteiger partial charge in [0.2, 0.25) is 0 Å². The van der Waals surface area contributed by atoms with Crippen LogP contribution in [0.1, 0.15) is 12.8 Å². The zero-order chi connectivity index (χ0) is 7.61. The van der Waals surface area contributed by atoms with Crippen molar-refractivity contribution in [3.8, 4) is 0 Å². The Hall–Kier alpha value is -0.900. The third-order valence-electron chi connectivity index (χ3n) is 1.77. The van der Waals surface area contributed by atoms with Crippen molar-refractivity contribution in [1.82, 2.24) is 5.32 Å². The first-order valence-corrected chi connectivity index (χ1v) is 3.16. The van der Waals surface area contributed by atoms with Crippen LogP contribution in [0.2, 0.25) is 0 Å². The Balaban J connectivity index is 2.76. The van der Waals surface area contributed by atoms with E-state index in [1.54, 1.807) is 0 Å². The van der Waals surface area contributed by atoms with Crippen molar-refractivity contribution < 1.29 is 14.7 Å². The standard InChI is InChI=1S/C6H9NO3/c8-4-6(5(9)10)2-1-3-7-6/h4,7H,1-3H2,(H,9,10)/t6-/m1/s1. The average Bonchev–Trinajstić information content (AvgIpc) is 2.35. The first-order valence-electron chi connectivity index (χ1n) is 3.16. The molecule has 0 aliphatic carbocycles. The van der Waals surface area contributed by atoms with E-state index >= 15 is 0 Å². The van der Waals surface area contributed by atoms with Crippen molar-refractivity contribution >= 4 is 12.3 Å². The first kappa shape index (κ1) is 7.21. The van der Waals surface area contributed by atoms with Crippen molar-refractivity contribution in [2.75, 3.05) is 6.54 Å². The predicted octanol–water partition coefficient (Wildman–Crippen LogP) is -0.608. The molecule has 0 saturated carbocycles. The highest BCUT2D eigenvalue weighted by Crippen LogP contribution is 2.16. The lowest BCUT2D eigenvalue weighted by atomic mass is 10.0. The second kappa shape index (κ2) is 2.38. The predicted molar refractivity (Wildman–Crippen MR) is 33.7 cm³/mol. The van der Waals surface area contributed by atoms with Crippen molar-refractivity contribution in [1.29, 1.82) is 0 Å². The first-order chi connectivity index (χ1) is 4.71. The van der Waals surface area contributed by atoms with Gasteiger partial charge in [0.1, 0.15) is 0 Å². The third-order valence-corrected chi connectivity index (χ3v) is 1.77. The smallest absolute Gasteiger partial charge is 0.331 e. The minimum absolute atomic E-state index is 0.409. The summed E-state index contributed by atoms with van der Waals surface area (Å²) < 4.78 is 0. The summed E-state index contributed by atoms with van der Waals surface area (Å²) in [5.41, 5.74) is -1.28. The zero-order valence-corrected chi connectivity index (χ0v) is 5.46. The van der Waals surface area contributed by atoms with Crippen LogP contribution < -0.4 is 5.32 Å². The van der Waals surface area contributed by atoms with Gasteiger partial charge in [0, 0.05) is 0 Å². The van der Waals surface area contributed by atoms with Gasteiger partial charge >= 0.3 is 5.97 Å². The number of hydrogen-bond donors (Lipinski definition) is 2. The Morgan fingerprint density at radius 3 is 2.60 bits per heavy atom. The van der Waals surface area contributed by atoms with Crippen LogP contribution in [0, 0.1) is 0 Å². The van der Waals surface area contributed by atoms with Crippen LogP contribution in [0.5, 0.6) is 0 Å². The SMILES string of the molecule is O=C[C@@]1(C(=O)O)CCCN1. The molecule has 0 spiro atoms. The minimum Gasteiger partial charge on any atom is -0.480 e. The van der Waals surface area contributed by atoms with Gasteiger partial charge < -0.3 is 9.90 Å². The van der Waals surface area contributed by atoms with E-state index in [4.69, 9.17) is 5.11 Å². The van der Waals surface area contributed by atoms with Gasteiger partial charge in [0.05, 0.1) is 0 Å². The van der Waals surface area contributed by atoms with E-state index in [0.717, 1.165) is 6.42 Å². The molecule has 1 fully saturated rings. The number of carbonyl (C=O) groups excluding carboxylic acids is 1. The Morgan fingerprint density at radius 2 is 2.40 bits per heavy atom. The van der Waals surface area contributed by atoms with Crippen molar-refractivity contribution in [2.24, 2.45) is 0 Å². The summed E-state index contributed by atoms with van der Waals surface area (Å²) in [7, 11) is 0. The maximum absolute atomic E-state index is 10.5. The molecule has 56 valence electrons. The van der Waals surface area contributed by atoms with Gasteiger partial charge in [-0.15, -0.1) is 0 Å². The fourth-order valence-electron chi connectivity index (χ4n) is 1.10. The van der Waals surface area contributed by atoms with Crippen LogP contribution in [0.4, 0.5) is 0 Å². The molecule has 1 aliphatic heterocycles. The maximum Gasteiger partial charge on any atom is 0.331 e. The van der Waals surface area contributed by atoms with Gasteiger partial charge in [0.15, 0.2) is 11.8 Å². The highest BCUT2D eigenvalue weighted by Gasteiger charge is 2.40. The molecular weight excluding hydrogens is 134 g/mol. The van der Waals surface area contributed by atoms with Crippen LogP contribution in [-0.4, -0.2) is 29.4 Å². The lowest BCUT2D eigenvalue weighted by Crippen LogP contribution is -2.48. The molecule has 0 radical (unpaired) electrons. The van der Waals surface area contributed by atoms with Crippen LogP contribution in [0.25, 0.3) is 0 Å². The topological polar surface area (TPSA) is 66.4 Å². The molecule has 10 heavy (non-hydrogen) atoms. The molecule has 0 aromatic heterocycles. The molecule has 0 unspecified atom stereocenters. The van der Waals surface area contributed by atoms with E-state index in [1.165, 1.54) is 0 Å². The molecule has 1 rings (SSSR count). The molecule has 4 nitrogen and oxygen atoms in total. The summed E-state index contributed by atoms with van der Waals surface area (Å²) in [6.07, 6.45) is 1.64. The van der Waals surface area contributed by atoms with Crippen molar-refractivity contribution in [3.63, 3.8) is 0 Å². The van der Waals surface area contributed by atoms with Gasteiger partial charge in [-0.3, -0.25) is 5.32 Å².